The number of carbonyl (C=O) groups excluding carboxylic acids is 1. The van der Waals surface area contributed by atoms with Gasteiger partial charge in [-0.2, -0.15) is 5.26 Å². The molecule has 1 aromatic rings. The van der Waals surface area contributed by atoms with Crippen molar-refractivity contribution in [2.24, 2.45) is 5.92 Å². The molecule has 0 saturated heterocycles. The van der Waals surface area contributed by atoms with Gasteiger partial charge in [-0.25, -0.2) is 0 Å². The third-order valence-corrected chi connectivity index (χ3v) is 3.54. The minimum atomic E-state index is -0.145. The molecule has 0 aromatic heterocycles. The lowest BCUT2D eigenvalue weighted by atomic mass is 10.0. The van der Waals surface area contributed by atoms with Crippen LogP contribution in [0.5, 0.6) is 0 Å². The number of nitrogens with zero attached hydrogens (tertiary/aromatic N) is 1. The van der Waals surface area contributed by atoms with E-state index in [0.29, 0.717) is 11.3 Å². The molecule has 0 spiro atoms. The number of anilines is 1. The molecule has 4 heteroatoms. The molecule has 0 radical (unpaired) electrons. The Kier molecular flexibility index (Phi) is 3.52. The summed E-state index contributed by atoms with van der Waals surface area (Å²) in [6.45, 7) is 1.90. The highest BCUT2D eigenvalue weighted by molar-refractivity contribution is 5.95. The zero-order valence-electron chi connectivity index (χ0n) is 10.4. The van der Waals surface area contributed by atoms with Crippen LogP contribution >= 0.6 is 0 Å². The smallest absolute Gasteiger partial charge is 0.251 e. The number of aryl methyl sites for hydroxylation is 1. The lowest BCUT2D eigenvalue weighted by Crippen LogP contribution is -2.36. The van der Waals surface area contributed by atoms with Crippen molar-refractivity contribution < 1.29 is 4.79 Å². The van der Waals surface area contributed by atoms with Crippen molar-refractivity contribution in [3.8, 4) is 6.07 Å². The number of nitrogens with one attached hydrogen (secondary N) is 1. The molecule has 1 fully saturated rings. The fourth-order valence-electron chi connectivity index (χ4n) is 2.32. The van der Waals surface area contributed by atoms with Crippen LogP contribution in [0.4, 0.5) is 5.69 Å². The average Bonchev–Trinajstić information content (AvgIpc) is 2.79. The summed E-state index contributed by atoms with van der Waals surface area (Å²) in [6, 6.07) is 7.51. The molecule has 1 amide bonds. The molecule has 3 N–H and O–H groups in total. The molecular formula is C14H17N3O. The van der Waals surface area contributed by atoms with Crippen molar-refractivity contribution in [3.63, 3.8) is 0 Å². The fraction of sp³-hybridized carbons (Fsp3) is 0.429. The van der Waals surface area contributed by atoms with E-state index in [0.717, 1.165) is 24.8 Å². The molecule has 94 valence electrons. The van der Waals surface area contributed by atoms with E-state index in [1.807, 2.05) is 13.0 Å². The van der Waals surface area contributed by atoms with E-state index in [1.54, 1.807) is 12.1 Å². The van der Waals surface area contributed by atoms with E-state index >= 15 is 0 Å². The number of rotatable bonds is 2. The molecule has 1 aliphatic rings. The Balaban J connectivity index is 2.08. The SMILES string of the molecule is Cc1ccc(C(=O)NC2CCCC2C#N)cc1N. The zero-order chi connectivity index (χ0) is 13.1. The highest BCUT2D eigenvalue weighted by Crippen LogP contribution is 2.25. The highest BCUT2D eigenvalue weighted by Gasteiger charge is 2.28. The Morgan fingerprint density at radius 1 is 1.50 bits per heavy atom. The van der Waals surface area contributed by atoms with Crippen molar-refractivity contribution >= 4 is 11.6 Å². The van der Waals surface area contributed by atoms with Crippen LogP contribution in [0.15, 0.2) is 18.2 Å². The minimum absolute atomic E-state index is 0.0231. The van der Waals surface area contributed by atoms with Crippen molar-refractivity contribution in [3.05, 3.63) is 29.3 Å². The van der Waals surface area contributed by atoms with Crippen molar-refractivity contribution in [2.75, 3.05) is 5.73 Å². The summed E-state index contributed by atoms with van der Waals surface area (Å²) in [6.07, 6.45) is 2.75. The van der Waals surface area contributed by atoms with Crippen LogP contribution < -0.4 is 11.1 Å². The quantitative estimate of drug-likeness (QED) is 0.780. The summed E-state index contributed by atoms with van der Waals surface area (Å²) in [5, 5.41) is 11.9. The van der Waals surface area contributed by atoms with Gasteiger partial charge in [-0.05, 0) is 43.9 Å². The number of amides is 1. The molecule has 1 aliphatic carbocycles. The molecule has 2 unspecified atom stereocenters. The monoisotopic (exact) mass is 243 g/mol. The molecule has 1 aromatic carbocycles. The second-order valence-corrected chi connectivity index (χ2v) is 4.82. The molecular weight excluding hydrogens is 226 g/mol. The first-order valence-electron chi connectivity index (χ1n) is 6.18. The molecule has 2 atom stereocenters. The van der Waals surface area contributed by atoms with Crippen LogP contribution in [0, 0.1) is 24.2 Å². The average molecular weight is 243 g/mol. The van der Waals surface area contributed by atoms with E-state index in [4.69, 9.17) is 11.0 Å². The fourth-order valence-corrected chi connectivity index (χ4v) is 2.32. The van der Waals surface area contributed by atoms with Gasteiger partial charge in [0.25, 0.3) is 5.91 Å². The third kappa shape index (κ3) is 2.45. The van der Waals surface area contributed by atoms with Crippen LogP contribution in [-0.4, -0.2) is 11.9 Å². The number of benzene rings is 1. The molecule has 0 heterocycles. The van der Waals surface area contributed by atoms with Gasteiger partial charge in [-0.1, -0.05) is 6.07 Å². The van der Waals surface area contributed by atoms with E-state index in [1.165, 1.54) is 0 Å². The number of nitriles is 1. The standard InChI is InChI=1S/C14H17N3O/c1-9-5-6-10(7-12(9)16)14(18)17-13-4-2-3-11(13)8-15/h5-7,11,13H,2-4,16H2,1H3,(H,17,18). The van der Waals surface area contributed by atoms with Crippen molar-refractivity contribution in [1.82, 2.24) is 5.32 Å². The van der Waals surface area contributed by atoms with E-state index in [9.17, 15) is 4.79 Å². The maximum absolute atomic E-state index is 12.0. The van der Waals surface area contributed by atoms with Gasteiger partial charge in [-0.3, -0.25) is 4.79 Å². The van der Waals surface area contributed by atoms with Crippen LogP contribution in [-0.2, 0) is 0 Å². The first kappa shape index (κ1) is 12.4. The second kappa shape index (κ2) is 5.09. The predicted octanol–water partition coefficient (Wildman–Crippen LogP) is 2.00. The Morgan fingerprint density at radius 2 is 2.28 bits per heavy atom. The highest BCUT2D eigenvalue weighted by atomic mass is 16.1. The first-order valence-corrected chi connectivity index (χ1v) is 6.18. The van der Waals surface area contributed by atoms with Crippen LogP contribution in [0.1, 0.15) is 35.2 Å². The van der Waals surface area contributed by atoms with Gasteiger partial charge in [0.05, 0.1) is 12.0 Å². The van der Waals surface area contributed by atoms with Gasteiger partial charge in [-0.15, -0.1) is 0 Å². The summed E-state index contributed by atoms with van der Waals surface area (Å²) in [4.78, 5) is 12.0. The van der Waals surface area contributed by atoms with E-state index in [-0.39, 0.29) is 17.9 Å². The molecule has 0 bridgehead atoms. The van der Waals surface area contributed by atoms with Crippen LogP contribution in [0.2, 0.25) is 0 Å². The van der Waals surface area contributed by atoms with Crippen molar-refractivity contribution in [1.29, 1.82) is 5.26 Å². The predicted molar refractivity (Wildman–Crippen MR) is 69.8 cm³/mol. The second-order valence-electron chi connectivity index (χ2n) is 4.82. The summed E-state index contributed by atoms with van der Waals surface area (Å²) in [7, 11) is 0. The van der Waals surface area contributed by atoms with E-state index in [2.05, 4.69) is 11.4 Å². The summed E-state index contributed by atoms with van der Waals surface area (Å²) in [5.41, 5.74) is 7.92. The van der Waals surface area contributed by atoms with Gasteiger partial charge in [0.1, 0.15) is 0 Å². The van der Waals surface area contributed by atoms with Gasteiger partial charge in [0.15, 0.2) is 0 Å². The van der Waals surface area contributed by atoms with E-state index < -0.39 is 0 Å². The molecule has 1 saturated carbocycles. The molecule has 18 heavy (non-hydrogen) atoms. The summed E-state index contributed by atoms with van der Waals surface area (Å²) < 4.78 is 0. The normalized spacial score (nSPS) is 22.4. The van der Waals surface area contributed by atoms with Gasteiger partial charge in [0, 0.05) is 17.3 Å². The van der Waals surface area contributed by atoms with Crippen LogP contribution in [0.25, 0.3) is 0 Å². The number of carbonyl (C=O) groups is 1. The summed E-state index contributed by atoms with van der Waals surface area (Å²) in [5.74, 6) is -0.203. The lowest BCUT2D eigenvalue weighted by molar-refractivity contribution is 0.0933. The number of hydrogen-bond donors (Lipinski definition) is 2. The third-order valence-electron chi connectivity index (χ3n) is 3.54. The number of hydrogen-bond acceptors (Lipinski definition) is 3. The Labute approximate surface area is 107 Å². The Hall–Kier alpha value is -2.02. The Bertz CT molecular complexity index is 504. The minimum Gasteiger partial charge on any atom is -0.398 e. The maximum Gasteiger partial charge on any atom is 0.251 e. The maximum atomic E-state index is 12.0. The lowest BCUT2D eigenvalue weighted by Gasteiger charge is -2.15. The number of nitrogens with two attached hydrogens (primary N) is 1. The first-order chi connectivity index (χ1) is 8.61. The summed E-state index contributed by atoms with van der Waals surface area (Å²) >= 11 is 0. The van der Waals surface area contributed by atoms with Crippen molar-refractivity contribution in [2.45, 2.75) is 32.2 Å². The molecule has 0 aliphatic heterocycles. The number of nitrogen functional groups attached to an aromatic ring is 1. The largest absolute Gasteiger partial charge is 0.398 e. The topological polar surface area (TPSA) is 78.9 Å². The van der Waals surface area contributed by atoms with Gasteiger partial charge >= 0.3 is 0 Å². The molecule has 4 nitrogen and oxygen atoms in total. The van der Waals surface area contributed by atoms with Crippen LogP contribution in [0.3, 0.4) is 0 Å². The van der Waals surface area contributed by atoms with Gasteiger partial charge in [0.2, 0.25) is 0 Å². The molecule has 2 rings (SSSR count). The Morgan fingerprint density at radius 3 is 2.94 bits per heavy atom. The zero-order valence-corrected chi connectivity index (χ0v) is 10.4. The van der Waals surface area contributed by atoms with Gasteiger partial charge < -0.3 is 11.1 Å².